The minimum Gasteiger partial charge on any atom is -0.375 e. The van der Waals surface area contributed by atoms with E-state index in [1.165, 1.54) is 24.8 Å². The monoisotopic (exact) mass is 195 g/mol. The fraction of sp³-hybridized carbons (Fsp3) is 0.833. The molecule has 0 radical (unpaired) electrons. The van der Waals surface area contributed by atoms with Crippen molar-refractivity contribution in [3.63, 3.8) is 0 Å². The Labute approximate surface area is 86.5 Å². The second-order valence-electron chi connectivity index (χ2n) is 4.93. The molecule has 0 aromatic carbocycles. The van der Waals surface area contributed by atoms with Crippen LogP contribution in [0.1, 0.15) is 39.0 Å². The number of allylic oxidation sites excluding steroid dienone is 1. The van der Waals surface area contributed by atoms with Crippen molar-refractivity contribution in [3.05, 3.63) is 12.2 Å². The van der Waals surface area contributed by atoms with Gasteiger partial charge in [-0.3, -0.25) is 0 Å². The van der Waals surface area contributed by atoms with Gasteiger partial charge in [-0.1, -0.05) is 5.57 Å². The van der Waals surface area contributed by atoms with Crippen molar-refractivity contribution in [2.75, 3.05) is 0 Å². The van der Waals surface area contributed by atoms with Crippen molar-refractivity contribution in [2.24, 2.45) is 11.7 Å². The maximum Gasteiger partial charge on any atom is 0.0623 e. The van der Waals surface area contributed by atoms with Crippen molar-refractivity contribution >= 4 is 0 Å². The summed E-state index contributed by atoms with van der Waals surface area (Å²) in [6, 6.07) is 0.321. The van der Waals surface area contributed by atoms with E-state index in [0.717, 1.165) is 12.8 Å². The van der Waals surface area contributed by atoms with Crippen LogP contribution in [-0.2, 0) is 4.74 Å². The molecule has 0 aromatic rings. The summed E-state index contributed by atoms with van der Waals surface area (Å²) in [4.78, 5) is 0. The van der Waals surface area contributed by atoms with Crippen molar-refractivity contribution in [1.29, 1.82) is 0 Å². The van der Waals surface area contributed by atoms with E-state index in [2.05, 4.69) is 13.5 Å². The van der Waals surface area contributed by atoms with E-state index in [4.69, 9.17) is 10.5 Å². The van der Waals surface area contributed by atoms with Crippen molar-refractivity contribution in [1.82, 2.24) is 0 Å². The normalized spacial score (nSPS) is 37.4. The topological polar surface area (TPSA) is 35.2 Å². The second-order valence-corrected chi connectivity index (χ2v) is 4.93. The van der Waals surface area contributed by atoms with E-state index in [1.54, 1.807) is 0 Å². The third kappa shape index (κ3) is 2.01. The summed E-state index contributed by atoms with van der Waals surface area (Å²) in [6.07, 6.45) is 6.83. The summed E-state index contributed by atoms with van der Waals surface area (Å²) in [5, 5.41) is 0. The Morgan fingerprint density at radius 1 is 1.57 bits per heavy atom. The molecule has 2 saturated heterocycles. The Bertz CT molecular complexity index is 226. The Hall–Kier alpha value is -0.340. The van der Waals surface area contributed by atoms with Gasteiger partial charge < -0.3 is 10.5 Å². The van der Waals surface area contributed by atoms with E-state index < -0.39 is 0 Å². The van der Waals surface area contributed by atoms with Crippen LogP contribution in [0.5, 0.6) is 0 Å². The molecule has 14 heavy (non-hydrogen) atoms. The number of fused-ring (bicyclic) bond motifs is 2. The van der Waals surface area contributed by atoms with Gasteiger partial charge in [-0.25, -0.2) is 0 Å². The van der Waals surface area contributed by atoms with Gasteiger partial charge in [0.2, 0.25) is 0 Å². The molecule has 0 aliphatic carbocycles. The molecule has 0 aromatic heterocycles. The number of rotatable bonds is 4. The van der Waals surface area contributed by atoms with Crippen molar-refractivity contribution in [3.8, 4) is 0 Å². The van der Waals surface area contributed by atoms with Crippen LogP contribution >= 0.6 is 0 Å². The molecule has 2 aliphatic rings. The highest BCUT2D eigenvalue weighted by atomic mass is 16.5. The first-order valence-corrected chi connectivity index (χ1v) is 5.72. The predicted molar refractivity (Wildman–Crippen MR) is 58.0 cm³/mol. The fourth-order valence-corrected chi connectivity index (χ4v) is 2.75. The van der Waals surface area contributed by atoms with Gasteiger partial charge in [0.1, 0.15) is 0 Å². The zero-order valence-corrected chi connectivity index (χ0v) is 9.04. The van der Waals surface area contributed by atoms with Gasteiger partial charge in [0.05, 0.1) is 12.2 Å². The summed E-state index contributed by atoms with van der Waals surface area (Å²) in [5.74, 6) is 0.619. The number of ether oxygens (including phenoxy) is 1. The zero-order chi connectivity index (χ0) is 10.1. The first kappa shape index (κ1) is 10.2. The summed E-state index contributed by atoms with van der Waals surface area (Å²) in [6.45, 7) is 5.99. The Morgan fingerprint density at radius 3 is 2.86 bits per heavy atom. The second kappa shape index (κ2) is 4.03. The van der Waals surface area contributed by atoms with Gasteiger partial charge >= 0.3 is 0 Å². The number of hydrogen-bond acceptors (Lipinski definition) is 2. The molecule has 0 saturated carbocycles. The molecule has 2 heteroatoms. The highest BCUT2D eigenvalue weighted by Gasteiger charge is 2.42. The molecule has 2 fully saturated rings. The molecule has 4 atom stereocenters. The molecule has 0 spiro atoms. The van der Waals surface area contributed by atoms with E-state index in [1.807, 2.05) is 0 Å². The lowest BCUT2D eigenvalue weighted by atomic mass is 9.82. The summed E-state index contributed by atoms with van der Waals surface area (Å²) < 4.78 is 5.81. The zero-order valence-electron chi connectivity index (χ0n) is 9.04. The molecular formula is C12H21NO. The van der Waals surface area contributed by atoms with Crippen LogP contribution in [0.15, 0.2) is 12.2 Å². The first-order chi connectivity index (χ1) is 6.66. The van der Waals surface area contributed by atoms with Crippen LogP contribution in [0.4, 0.5) is 0 Å². The average molecular weight is 195 g/mol. The third-order valence-corrected chi connectivity index (χ3v) is 3.61. The number of nitrogens with two attached hydrogens (primary N) is 1. The molecule has 2 heterocycles. The van der Waals surface area contributed by atoms with Gasteiger partial charge in [-0.2, -0.15) is 0 Å². The largest absolute Gasteiger partial charge is 0.375 e. The summed E-state index contributed by atoms with van der Waals surface area (Å²) >= 11 is 0. The van der Waals surface area contributed by atoms with Crippen molar-refractivity contribution in [2.45, 2.75) is 57.3 Å². The van der Waals surface area contributed by atoms with Crippen LogP contribution in [0.25, 0.3) is 0 Å². The van der Waals surface area contributed by atoms with Gasteiger partial charge in [0, 0.05) is 12.0 Å². The van der Waals surface area contributed by atoms with Gasteiger partial charge in [-0.15, -0.1) is 6.58 Å². The first-order valence-electron chi connectivity index (χ1n) is 5.72. The van der Waals surface area contributed by atoms with E-state index in [9.17, 15) is 0 Å². The smallest absolute Gasteiger partial charge is 0.0623 e. The Kier molecular flexibility index (Phi) is 2.93. The molecule has 2 aliphatic heterocycles. The standard InChI is InChI=1S/C12H21NO/c1-8(2)3-5-11(13)10-7-9-4-6-12(10)14-9/h9-12H,1,3-7,13H2,2H3. The Morgan fingerprint density at radius 2 is 2.36 bits per heavy atom. The van der Waals surface area contributed by atoms with E-state index in [0.29, 0.717) is 24.2 Å². The fourth-order valence-electron chi connectivity index (χ4n) is 2.75. The third-order valence-electron chi connectivity index (χ3n) is 3.61. The van der Waals surface area contributed by atoms with Gasteiger partial charge in [0.15, 0.2) is 0 Å². The van der Waals surface area contributed by atoms with Gasteiger partial charge in [-0.05, 0) is 39.0 Å². The molecule has 4 unspecified atom stereocenters. The molecule has 2 rings (SSSR count). The lowest BCUT2D eigenvalue weighted by molar-refractivity contribution is 0.0879. The number of hydrogen-bond donors (Lipinski definition) is 1. The Balaban J connectivity index is 1.80. The highest BCUT2D eigenvalue weighted by Crippen LogP contribution is 2.40. The van der Waals surface area contributed by atoms with Crippen LogP contribution in [0.3, 0.4) is 0 Å². The van der Waals surface area contributed by atoms with Crippen molar-refractivity contribution < 1.29 is 4.74 Å². The molecule has 80 valence electrons. The van der Waals surface area contributed by atoms with E-state index >= 15 is 0 Å². The maximum absolute atomic E-state index is 6.19. The summed E-state index contributed by atoms with van der Waals surface area (Å²) in [7, 11) is 0. The van der Waals surface area contributed by atoms with E-state index in [-0.39, 0.29) is 0 Å². The van der Waals surface area contributed by atoms with Crippen LogP contribution in [0.2, 0.25) is 0 Å². The molecule has 2 nitrogen and oxygen atoms in total. The van der Waals surface area contributed by atoms with Crippen LogP contribution in [0, 0.1) is 5.92 Å². The highest BCUT2D eigenvalue weighted by molar-refractivity contribution is 4.96. The SMILES string of the molecule is C=C(C)CCC(N)C1CC2CCC1O2. The minimum atomic E-state index is 0.321. The van der Waals surface area contributed by atoms with Crippen LogP contribution in [-0.4, -0.2) is 18.2 Å². The molecular weight excluding hydrogens is 174 g/mol. The molecule has 0 amide bonds. The summed E-state index contributed by atoms with van der Waals surface area (Å²) in [5.41, 5.74) is 7.43. The average Bonchev–Trinajstić information content (AvgIpc) is 2.74. The van der Waals surface area contributed by atoms with Gasteiger partial charge in [0.25, 0.3) is 0 Å². The minimum absolute atomic E-state index is 0.321. The lowest BCUT2D eigenvalue weighted by Gasteiger charge is -2.25. The van der Waals surface area contributed by atoms with Crippen LogP contribution < -0.4 is 5.73 Å². The predicted octanol–water partition coefficient (Wildman–Crippen LogP) is 2.24. The molecule has 2 N–H and O–H groups in total. The lowest BCUT2D eigenvalue weighted by Crippen LogP contribution is -2.36. The quantitative estimate of drug-likeness (QED) is 0.698. The maximum atomic E-state index is 6.19. The molecule has 2 bridgehead atoms.